The summed E-state index contributed by atoms with van der Waals surface area (Å²) in [5.74, 6) is 0.827. The van der Waals surface area contributed by atoms with Gasteiger partial charge in [0.1, 0.15) is 5.69 Å². The highest BCUT2D eigenvalue weighted by Crippen LogP contribution is 2.40. The summed E-state index contributed by atoms with van der Waals surface area (Å²) in [5.41, 5.74) is 7.18. The van der Waals surface area contributed by atoms with E-state index in [1.807, 2.05) is 11.0 Å². The zero-order chi connectivity index (χ0) is 21.1. The van der Waals surface area contributed by atoms with Gasteiger partial charge in [-0.05, 0) is 30.9 Å². The number of carbonyl (C=O) groups is 1. The number of pyridine rings is 1. The zero-order valence-electron chi connectivity index (χ0n) is 16.9. The van der Waals surface area contributed by atoms with Crippen molar-refractivity contribution in [2.75, 3.05) is 32.1 Å². The molecular formula is C21H26N6O3. The van der Waals surface area contributed by atoms with E-state index in [2.05, 4.69) is 20.3 Å². The van der Waals surface area contributed by atoms with Crippen molar-refractivity contribution in [2.24, 2.45) is 17.6 Å². The maximum atomic E-state index is 12.5. The van der Waals surface area contributed by atoms with Gasteiger partial charge in [0, 0.05) is 55.6 Å². The molecule has 4 N–H and O–H groups in total. The van der Waals surface area contributed by atoms with Gasteiger partial charge in [0.15, 0.2) is 0 Å². The monoisotopic (exact) mass is 410 g/mol. The van der Waals surface area contributed by atoms with E-state index in [-0.39, 0.29) is 23.5 Å². The van der Waals surface area contributed by atoms with E-state index in [4.69, 9.17) is 10.5 Å². The van der Waals surface area contributed by atoms with Crippen LogP contribution in [0.5, 0.6) is 6.01 Å². The number of nitrogens with two attached hydrogens (primary N) is 1. The summed E-state index contributed by atoms with van der Waals surface area (Å²) in [6.45, 7) is 1.72. The normalized spacial score (nSPS) is 17.6. The van der Waals surface area contributed by atoms with Crippen LogP contribution >= 0.6 is 0 Å². The number of aromatic amines is 1. The van der Waals surface area contributed by atoms with Crippen molar-refractivity contribution in [1.82, 2.24) is 19.9 Å². The van der Waals surface area contributed by atoms with Gasteiger partial charge >= 0.3 is 6.01 Å². The number of nitrogens with one attached hydrogen (secondary N) is 2. The molecule has 0 radical (unpaired) electrons. The zero-order valence-corrected chi connectivity index (χ0v) is 16.9. The Balaban J connectivity index is 1.49. The Hall–Kier alpha value is -3.20. The van der Waals surface area contributed by atoms with Gasteiger partial charge < -0.3 is 25.7 Å². The SMILES string of the molecule is COc1nccc(-c2c[nH]c(=O)c(NC(C3CC3)C3CN(C(=O)/C=C/CN)C3)c2)n1. The van der Waals surface area contributed by atoms with E-state index in [0.29, 0.717) is 42.9 Å². The van der Waals surface area contributed by atoms with E-state index < -0.39 is 0 Å². The van der Waals surface area contributed by atoms with Gasteiger partial charge in [0.2, 0.25) is 5.91 Å². The molecule has 4 rings (SSSR count). The highest BCUT2D eigenvalue weighted by molar-refractivity contribution is 5.88. The molecule has 3 heterocycles. The van der Waals surface area contributed by atoms with Crippen molar-refractivity contribution in [3.63, 3.8) is 0 Å². The van der Waals surface area contributed by atoms with Gasteiger partial charge in [-0.1, -0.05) is 6.08 Å². The quantitative estimate of drug-likeness (QED) is 0.554. The molecule has 0 aromatic carbocycles. The topological polar surface area (TPSA) is 126 Å². The molecule has 30 heavy (non-hydrogen) atoms. The lowest BCUT2D eigenvalue weighted by Crippen LogP contribution is -2.56. The second-order valence-electron chi connectivity index (χ2n) is 7.71. The molecule has 9 nitrogen and oxygen atoms in total. The number of likely N-dealkylation sites (tertiary alicyclic amines) is 1. The van der Waals surface area contributed by atoms with Gasteiger partial charge in [-0.2, -0.15) is 4.98 Å². The summed E-state index contributed by atoms with van der Waals surface area (Å²) >= 11 is 0. The van der Waals surface area contributed by atoms with Gasteiger partial charge in [0.05, 0.1) is 12.8 Å². The van der Waals surface area contributed by atoms with Gasteiger partial charge in [0.25, 0.3) is 5.56 Å². The number of ether oxygens (including phenoxy) is 1. The first-order valence-corrected chi connectivity index (χ1v) is 10.1. The number of H-pyrrole nitrogens is 1. The van der Waals surface area contributed by atoms with E-state index >= 15 is 0 Å². The number of rotatable bonds is 8. The summed E-state index contributed by atoms with van der Waals surface area (Å²) in [7, 11) is 1.51. The molecule has 0 bridgehead atoms. The predicted octanol–water partition coefficient (Wildman–Crippen LogP) is 1.00. The highest BCUT2D eigenvalue weighted by Gasteiger charge is 2.43. The summed E-state index contributed by atoms with van der Waals surface area (Å²) < 4.78 is 5.09. The van der Waals surface area contributed by atoms with Crippen LogP contribution in [0.15, 0.2) is 41.5 Å². The Morgan fingerprint density at radius 2 is 2.23 bits per heavy atom. The number of hydrogen-bond donors (Lipinski definition) is 3. The van der Waals surface area contributed by atoms with Crippen LogP contribution in [0, 0.1) is 11.8 Å². The minimum absolute atomic E-state index is 0.0104. The minimum Gasteiger partial charge on any atom is -0.467 e. The lowest BCUT2D eigenvalue weighted by Gasteiger charge is -2.43. The fraction of sp³-hybridized carbons (Fsp3) is 0.429. The summed E-state index contributed by atoms with van der Waals surface area (Å²) in [5, 5.41) is 3.46. The first kappa shape index (κ1) is 20.1. The third-order valence-corrected chi connectivity index (χ3v) is 5.59. The lowest BCUT2D eigenvalue weighted by atomic mass is 9.88. The van der Waals surface area contributed by atoms with Crippen molar-refractivity contribution in [1.29, 1.82) is 0 Å². The average molecular weight is 410 g/mol. The fourth-order valence-electron chi connectivity index (χ4n) is 3.79. The predicted molar refractivity (Wildman–Crippen MR) is 113 cm³/mol. The highest BCUT2D eigenvalue weighted by atomic mass is 16.5. The second-order valence-corrected chi connectivity index (χ2v) is 7.71. The van der Waals surface area contributed by atoms with Crippen LogP contribution in [-0.2, 0) is 4.79 Å². The number of aromatic nitrogens is 3. The Morgan fingerprint density at radius 1 is 1.43 bits per heavy atom. The molecule has 2 fully saturated rings. The van der Waals surface area contributed by atoms with Gasteiger partial charge in [-0.15, -0.1) is 0 Å². The van der Waals surface area contributed by atoms with Crippen molar-refractivity contribution in [3.8, 4) is 17.3 Å². The maximum absolute atomic E-state index is 12.5. The maximum Gasteiger partial charge on any atom is 0.316 e. The second kappa shape index (κ2) is 8.66. The van der Waals surface area contributed by atoms with Crippen LogP contribution in [0.1, 0.15) is 12.8 Å². The minimum atomic E-state index is -0.177. The van der Waals surface area contributed by atoms with Crippen molar-refractivity contribution >= 4 is 11.6 Å². The third kappa shape index (κ3) is 4.35. The van der Waals surface area contributed by atoms with Crippen molar-refractivity contribution in [3.05, 3.63) is 47.0 Å². The van der Waals surface area contributed by atoms with Crippen LogP contribution < -0.4 is 21.3 Å². The summed E-state index contributed by atoms with van der Waals surface area (Å²) in [6, 6.07) is 4.00. The van der Waals surface area contributed by atoms with Crippen LogP contribution in [0.25, 0.3) is 11.3 Å². The summed E-state index contributed by atoms with van der Waals surface area (Å²) in [6.07, 6.45) is 8.71. The first-order valence-electron chi connectivity index (χ1n) is 10.1. The molecule has 1 saturated heterocycles. The van der Waals surface area contributed by atoms with E-state index in [1.54, 1.807) is 24.5 Å². The number of carbonyl (C=O) groups excluding carboxylic acids is 1. The number of methoxy groups -OCH3 is 1. The van der Waals surface area contributed by atoms with E-state index in [9.17, 15) is 9.59 Å². The third-order valence-electron chi connectivity index (χ3n) is 5.59. The molecule has 158 valence electrons. The van der Waals surface area contributed by atoms with Crippen LogP contribution in [0.4, 0.5) is 5.69 Å². The Kier molecular flexibility index (Phi) is 5.80. The Morgan fingerprint density at radius 3 is 2.93 bits per heavy atom. The number of nitrogens with zero attached hydrogens (tertiary/aromatic N) is 3. The van der Waals surface area contributed by atoms with Crippen molar-refractivity contribution < 1.29 is 9.53 Å². The first-order chi connectivity index (χ1) is 14.6. The number of anilines is 1. The average Bonchev–Trinajstić information content (AvgIpc) is 3.57. The number of hydrogen-bond acceptors (Lipinski definition) is 7. The van der Waals surface area contributed by atoms with Crippen molar-refractivity contribution in [2.45, 2.75) is 18.9 Å². The lowest BCUT2D eigenvalue weighted by molar-refractivity contribution is -0.132. The van der Waals surface area contributed by atoms with Crippen LogP contribution in [0.3, 0.4) is 0 Å². The molecule has 0 spiro atoms. The molecule has 2 aromatic heterocycles. The molecular weight excluding hydrogens is 384 g/mol. The largest absolute Gasteiger partial charge is 0.467 e. The molecule has 9 heteroatoms. The molecule has 1 aliphatic carbocycles. The molecule has 1 aliphatic heterocycles. The molecule has 2 aliphatic rings. The van der Waals surface area contributed by atoms with E-state index in [0.717, 1.165) is 18.4 Å². The smallest absolute Gasteiger partial charge is 0.316 e. The molecule has 1 unspecified atom stereocenters. The molecule has 1 amide bonds. The Bertz CT molecular complexity index is 994. The van der Waals surface area contributed by atoms with Crippen LogP contribution in [0.2, 0.25) is 0 Å². The fourth-order valence-corrected chi connectivity index (χ4v) is 3.79. The number of amides is 1. The van der Waals surface area contributed by atoms with Gasteiger partial charge in [-0.25, -0.2) is 4.98 Å². The molecule has 1 atom stereocenters. The van der Waals surface area contributed by atoms with E-state index in [1.165, 1.54) is 13.2 Å². The standard InChI is InChI=1S/C21H26N6O3/c1-30-21-23-8-6-16(26-21)14-9-17(20(29)24-10-14)25-19(13-4-5-13)15-11-27(12-15)18(28)3-2-7-22/h2-3,6,8-10,13,15,19,25H,4-5,7,11-12,22H2,1H3,(H,24,29)/b3-2+. The van der Waals surface area contributed by atoms with Gasteiger partial charge in [-0.3, -0.25) is 9.59 Å². The van der Waals surface area contributed by atoms with Crippen LogP contribution in [-0.4, -0.2) is 58.5 Å². The molecule has 1 saturated carbocycles. The Labute approximate surface area is 174 Å². The molecule has 2 aromatic rings. The summed E-state index contributed by atoms with van der Waals surface area (Å²) in [4.78, 5) is 37.5.